The lowest BCUT2D eigenvalue weighted by atomic mass is 9.90. The SMILES string of the molecule is COc1cc(C)ccc1S(=O)(=O)NC(=O)C(c1ccc2c(c1)OCO2)c1cn(C)c2cc(F)ccc12. The summed E-state index contributed by atoms with van der Waals surface area (Å²) in [6.45, 7) is 1.85. The van der Waals surface area contributed by atoms with Gasteiger partial charge in [0.15, 0.2) is 11.5 Å². The first-order valence-electron chi connectivity index (χ1n) is 11.0. The van der Waals surface area contributed by atoms with E-state index in [9.17, 15) is 17.6 Å². The van der Waals surface area contributed by atoms with Gasteiger partial charge in [-0.25, -0.2) is 17.5 Å². The minimum Gasteiger partial charge on any atom is -0.495 e. The zero-order chi connectivity index (χ0) is 25.6. The molecular formula is C26H23FN2O6S. The number of nitrogens with one attached hydrogen (secondary N) is 1. The summed E-state index contributed by atoms with van der Waals surface area (Å²) in [6, 6.07) is 13.8. The molecule has 4 aromatic rings. The average Bonchev–Trinajstić information content (AvgIpc) is 3.42. The zero-order valence-corrected chi connectivity index (χ0v) is 20.6. The highest BCUT2D eigenvalue weighted by Crippen LogP contribution is 2.39. The first-order valence-corrected chi connectivity index (χ1v) is 12.5. The van der Waals surface area contributed by atoms with Crippen molar-refractivity contribution in [3.8, 4) is 17.2 Å². The second-order valence-corrected chi connectivity index (χ2v) is 10.2. The fourth-order valence-corrected chi connectivity index (χ4v) is 5.57. The van der Waals surface area contributed by atoms with Crippen LogP contribution in [0.3, 0.4) is 0 Å². The number of aryl methyl sites for hydroxylation is 2. The smallest absolute Gasteiger partial charge is 0.267 e. The predicted octanol–water partition coefficient (Wildman–Crippen LogP) is 4.00. The van der Waals surface area contributed by atoms with Gasteiger partial charge in [-0.2, -0.15) is 0 Å². The lowest BCUT2D eigenvalue weighted by Gasteiger charge is -2.18. The van der Waals surface area contributed by atoms with E-state index in [1.54, 1.807) is 61.1 Å². The van der Waals surface area contributed by atoms with Crippen LogP contribution in [0, 0.1) is 12.7 Å². The van der Waals surface area contributed by atoms with Gasteiger partial charge in [-0.1, -0.05) is 12.1 Å². The monoisotopic (exact) mass is 510 g/mol. The fourth-order valence-electron chi connectivity index (χ4n) is 4.43. The minimum atomic E-state index is -4.29. The zero-order valence-electron chi connectivity index (χ0n) is 19.7. The quantitative estimate of drug-likeness (QED) is 0.421. The molecule has 0 spiro atoms. The number of aromatic nitrogens is 1. The fraction of sp³-hybridized carbons (Fsp3) is 0.192. The normalized spacial score (nSPS) is 13.6. The van der Waals surface area contributed by atoms with Crippen molar-refractivity contribution in [2.24, 2.45) is 7.05 Å². The summed E-state index contributed by atoms with van der Waals surface area (Å²) in [6.07, 6.45) is 1.69. The second-order valence-electron chi connectivity index (χ2n) is 8.53. The molecule has 1 amide bonds. The number of hydrogen-bond donors (Lipinski definition) is 1. The van der Waals surface area contributed by atoms with Crippen LogP contribution in [0.5, 0.6) is 17.2 Å². The van der Waals surface area contributed by atoms with Gasteiger partial charge >= 0.3 is 0 Å². The van der Waals surface area contributed by atoms with Crippen molar-refractivity contribution in [1.82, 2.24) is 9.29 Å². The Bertz CT molecular complexity index is 1610. The molecule has 1 atom stereocenters. The van der Waals surface area contributed by atoms with E-state index >= 15 is 0 Å². The van der Waals surface area contributed by atoms with Gasteiger partial charge in [-0.3, -0.25) is 4.79 Å². The van der Waals surface area contributed by atoms with E-state index < -0.39 is 27.7 Å². The Labute approximate surface area is 207 Å². The summed E-state index contributed by atoms with van der Waals surface area (Å²) < 4.78 is 60.6. The van der Waals surface area contributed by atoms with E-state index in [4.69, 9.17) is 14.2 Å². The molecule has 0 fully saturated rings. The van der Waals surface area contributed by atoms with Crippen LogP contribution >= 0.6 is 0 Å². The van der Waals surface area contributed by atoms with Gasteiger partial charge in [0.2, 0.25) is 12.7 Å². The number of hydrogen-bond acceptors (Lipinski definition) is 6. The molecular weight excluding hydrogens is 487 g/mol. The molecule has 186 valence electrons. The Morgan fingerprint density at radius 3 is 2.64 bits per heavy atom. The number of rotatable bonds is 6. The Morgan fingerprint density at radius 2 is 1.86 bits per heavy atom. The third-order valence-corrected chi connectivity index (χ3v) is 7.52. The molecule has 5 rings (SSSR count). The van der Waals surface area contributed by atoms with Crippen molar-refractivity contribution < 1.29 is 31.8 Å². The third-order valence-electron chi connectivity index (χ3n) is 6.13. The largest absolute Gasteiger partial charge is 0.495 e. The number of benzene rings is 3. The van der Waals surface area contributed by atoms with Crippen molar-refractivity contribution in [2.75, 3.05) is 13.9 Å². The molecule has 0 saturated carbocycles. The summed E-state index contributed by atoms with van der Waals surface area (Å²) in [5, 5.41) is 0.613. The maximum absolute atomic E-state index is 14.0. The molecule has 36 heavy (non-hydrogen) atoms. The van der Waals surface area contributed by atoms with Gasteiger partial charge in [-0.15, -0.1) is 0 Å². The van der Waals surface area contributed by atoms with Crippen molar-refractivity contribution in [1.29, 1.82) is 0 Å². The van der Waals surface area contributed by atoms with Crippen molar-refractivity contribution in [3.05, 3.63) is 83.3 Å². The van der Waals surface area contributed by atoms with Crippen molar-refractivity contribution >= 4 is 26.8 Å². The van der Waals surface area contributed by atoms with E-state index in [2.05, 4.69) is 4.72 Å². The van der Waals surface area contributed by atoms with E-state index in [1.807, 2.05) is 0 Å². The number of carbonyl (C=O) groups is 1. The predicted molar refractivity (Wildman–Crippen MR) is 130 cm³/mol. The van der Waals surface area contributed by atoms with Gasteiger partial charge < -0.3 is 18.8 Å². The number of fused-ring (bicyclic) bond motifs is 2. The van der Waals surface area contributed by atoms with Crippen LogP contribution in [0.2, 0.25) is 0 Å². The Hall–Kier alpha value is -4.05. The number of sulfonamides is 1. The molecule has 10 heteroatoms. The van der Waals surface area contributed by atoms with Crippen molar-refractivity contribution in [3.63, 3.8) is 0 Å². The first kappa shape index (κ1) is 23.7. The number of methoxy groups -OCH3 is 1. The second kappa shape index (κ2) is 8.87. The lowest BCUT2D eigenvalue weighted by molar-refractivity contribution is -0.119. The lowest BCUT2D eigenvalue weighted by Crippen LogP contribution is -2.35. The van der Waals surface area contributed by atoms with E-state index in [0.29, 0.717) is 33.5 Å². The molecule has 0 aliphatic carbocycles. The molecule has 0 saturated heterocycles. The number of halogens is 1. The highest BCUT2D eigenvalue weighted by Gasteiger charge is 2.32. The highest BCUT2D eigenvalue weighted by molar-refractivity contribution is 7.90. The van der Waals surface area contributed by atoms with Crippen molar-refractivity contribution in [2.45, 2.75) is 17.7 Å². The summed E-state index contributed by atoms with van der Waals surface area (Å²) >= 11 is 0. The molecule has 1 N–H and O–H groups in total. The number of amides is 1. The molecule has 8 nitrogen and oxygen atoms in total. The molecule has 0 radical (unpaired) electrons. The third kappa shape index (κ3) is 4.13. The summed E-state index contributed by atoms with van der Waals surface area (Å²) in [5.41, 5.74) is 2.36. The Morgan fingerprint density at radius 1 is 1.08 bits per heavy atom. The molecule has 1 aliphatic heterocycles. The first-order chi connectivity index (χ1) is 17.2. The van der Waals surface area contributed by atoms with Crippen LogP contribution in [0.1, 0.15) is 22.6 Å². The average molecular weight is 511 g/mol. The molecule has 2 heterocycles. The van der Waals surface area contributed by atoms with E-state index in [1.165, 1.54) is 25.3 Å². The van der Waals surface area contributed by atoms with Gasteiger partial charge in [0.05, 0.1) is 18.5 Å². The maximum atomic E-state index is 14.0. The Balaban J connectivity index is 1.62. The van der Waals surface area contributed by atoms with Crippen LogP contribution in [0.15, 0.2) is 65.7 Å². The van der Waals surface area contributed by atoms with Gasteiger partial charge in [-0.05, 0) is 66.1 Å². The van der Waals surface area contributed by atoms with Crippen LogP contribution in [0.25, 0.3) is 10.9 Å². The summed E-state index contributed by atoms with van der Waals surface area (Å²) in [5.74, 6) is -1.17. The van der Waals surface area contributed by atoms with Crippen LogP contribution in [-0.2, 0) is 21.9 Å². The van der Waals surface area contributed by atoms with Crippen LogP contribution in [-0.4, -0.2) is 32.8 Å². The standard InChI is InChI=1S/C26H23FN2O6S/c1-15-4-9-24(23(10-15)33-3)36(31,32)28-26(30)25(16-5-8-21-22(11-16)35-14-34-21)19-13-29(2)20-12-17(27)6-7-18(19)20/h4-13,25H,14H2,1-3H3,(H,28,30). The maximum Gasteiger partial charge on any atom is 0.267 e. The highest BCUT2D eigenvalue weighted by atomic mass is 32.2. The number of carbonyl (C=O) groups excluding carboxylic acids is 1. The van der Waals surface area contributed by atoms with E-state index in [-0.39, 0.29) is 17.4 Å². The van der Waals surface area contributed by atoms with E-state index in [0.717, 1.165) is 5.56 Å². The molecule has 1 aromatic heterocycles. The van der Waals surface area contributed by atoms with Gasteiger partial charge in [0, 0.05) is 18.6 Å². The number of nitrogens with zero attached hydrogens (tertiary/aromatic N) is 1. The van der Waals surface area contributed by atoms with Crippen LogP contribution < -0.4 is 18.9 Å². The molecule has 1 unspecified atom stereocenters. The molecule has 3 aromatic carbocycles. The topological polar surface area (TPSA) is 95.9 Å². The summed E-state index contributed by atoms with van der Waals surface area (Å²) in [7, 11) is -1.20. The number of ether oxygens (including phenoxy) is 3. The molecule has 1 aliphatic rings. The minimum absolute atomic E-state index is 0.0464. The summed E-state index contributed by atoms with van der Waals surface area (Å²) in [4.78, 5) is 13.6. The van der Waals surface area contributed by atoms with Gasteiger partial charge in [0.25, 0.3) is 10.0 Å². The Kier molecular flexibility index (Phi) is 5.83. The van der Waals surface area contributed by atoms with Gasteiger partial charge in [0.1, 0.15) is 16.5 Å². The molecule has 0 bridgehead atoms. The van der Waals surface area contributed by atoms with Crippen LogP contribution in [0.4, 0.5) is 4.39 Å².